The van der Waals surface area contributed by atoms with E-state index < -0.39 is 6.04 Å². The third-order valence-electron chi connectivity index (χ3n) is 4.20. The van der Waals surface area contributed by atoms with Crippen LogP contribution in [0, 0.1) is 6.92 Å². The van der Waals surface area contributed by atoms with Gasteiger partial charge >= 0.3 is 0 Å². The first-order valence-electron chi connectivity index (χ1n) is 8.78. The molecule has 2 aromatic carbocycles. The molecule has 0 aliphatic rings. The third kappa shape index (κ3) is 5.60. The summed E-state index contributed by atoms with van der Waals surface area (Å²) in [5.74, 6) is -0.257. The van der Waals surface area contributed by atoms with E-state index in [-0.39, 0.29) is 18.2 Å². The second kappa shape index (κ2) is 9.39. The van der Waals surface area contributed by atoms with Gasteiger partial charge in [-0.1, -0.05) is 53.6 Å². The van der Waals surface area contributed by atoms with E-state index in [1.807, 2.05) is 50.2 Å². The van der Waals surface area contributed by atoms with Crippen LogP contribution in [0.1, 0.15) is 30.5 Å². The normalized spacial score (nSPS) is 11.7. The SMILES string of the molecule is CCNC(=O)[C@H](C)N(Cc1cccc(C)c1)C(=O)Cc1cccc(Cl)c1. The molecule has 5 heteroatoms. The van der Waals surface area contributed by atoms with Crippen LogP contribution in [-0.4, -0.2) is 29.3 Å². The summed E-state index contributed by atoms with van der Waals surface area (Å²) in [6, 6.07) is 14.7. The molecule has 0 heterocycles. The van der Waals surface area contributed by atoms with E-state index in [0.29, 0.717) is 18.1 Å². The Hall–Kier alpha value is -2.33. The van der Waals surface area contributed by atoms with Gasteiger partial charge in [0.05, 0.1) is 6.42 Å². The highest BCUT2D eigenvalue weighted by Gasteiger charge is 2.25. The number of halogens is 1. The third-order valence-corrected chi connectivity index (χ3v) is 4.43. The van der Waals surface area contributed by atoms with Crippen molar-refractivity contribution in [3.05, 3.63) is 70.2 Å². The molecular weight excluding hydrogens is 348 g/mol. The Labute approximate surface area is 160 Å². The van der Waals surface area contributed by atoms with Crippen LogP contribution < -0.4 is 5.32 Å². The number of hydrogen-bond acceptors (Lipinski definition) is 2. The lowest BCUT2D eigenvalue weighted by Gasteiger charge is -2.29. The van der Waals surface area contributed by atoms with Crippen LogP contribution in [0.25, 0.3) is 0 Å². The van der Waals surface area contributed by atoms with E-state index in [1.54, 1.807) is 24.0 Å². The molecule has 2 amide bonds. The van der Waals surface area contributed by atoms with E-state index in [2.05, 4.69) is 5.32 Å². The van der Waals surface area contributed by atoms with Crippen LogP contribution >= 0.6 is 11.6 Å². The maximum atomic E-state index is 13.0. The Bertz CT molecular complexity index is 776. The number of carbonyl (C=O) groups is 2. The Morgan fingerprint density at radius 3 is 2.46 bits per heavy atom. The summed E-state index contributed by atoms with van der Waals surface area (Å²) >= 11 is 6.02. The van der Waals surface area contributed by atoms with Gasteiger partial charge in [-0.2, -0.15) is 0 Å². The predicted octanol–water partition coefficient (Wildman–Crippen LogP) is 3.74. The topological polar surface area (TPSA) is 49.4 Å². The zero-order valence-electron chi connectivity index (χ0n) is 15.5. The second-order valence-corrected chi connectivity index (χ2v) is 6.82. The van der Waals surface area contributed by atoms with Gasteiger partial charge in [0.25, 0.3) is 0 Å². The van der Waals surface area contributed by atoms with E-state index in [9.17, 15) is 9.59 Å². The average Bonchev–Trinajstić information content (AvgIpc) is 2.59. The van der Waals surface area contributed by atoms with Crippen molar-refractivity contribution in [3.8, 4) is 0 Å². The summed E-state index contributed by atoms with van der Waals surface area (Å²) in [6.07, 6.45) is 0.204. The molecule has 0 saturated heterocycles. The van der Waals surface area contributed by atoms with Crippen LogP contribution in [0.5, 0.6) is 0 Å². The van der Waals surface area contributed by atoms with E-state index in [4.69, 9.17) is 11.6 Å². The summed E-state index contributed by atoms with van der Waals surface area (Å²) < 4.78 is 0. The number of nitrogens with one attached hydrogen (secondary N) is 1. The number of nitrogens with zero attached hydrogens (tertiary/aromatic N) is 1. The number of aryl methyl sites for hydroxylation is 1. The van der Waals surface area contributed by atoms with Gasteiger partial charge in [0.15, 0.2) is 0 Å². The average molecular weight is 373 g/mol. The van der Waals surface area contributed by atoms with Crippen molar-refractivity contribution in [1.82, 2.24) is 10.2 Å². The first kappa shape index (κ1) is 20.0. The Kier molecular flexibility index (Phi) is 7.22. The van der Waals surface area contributed by atoms with E-state index in [0.717, 1.165) is 16.7 Å². The molecule has 0 spiro atoms. The second-order valence-electron chi connectivity index (χ2n) is 6.39. The van der Waals surface area contributed by atoms with Gasteiger partial charge in [-0.25, -0.2) is 0 Å². The number of benzene rings is 2. The Morgan fingerprint density at radius 1 is 1.12 bits per heavy atom. The molecule has 0 aliphatic carbocycles. The lowest BCUT2D eigenvalue weighted by molar-refractivity contribution is -0.140. The van der Waals surface area contributed by atoms with Crippen molar-refractivity contribution >= 4 is 23.4 Å². The lowest BCUT2D eigenvalue weighted by Crippen LogP contribution is -2.48. The molecule has 0 bridgehead atoms. The van der Waals surface area contributed by atoms with Gasteiger partial charge in [0, 0.05) is 18.1 Å². The highest BCUT2D eigenvalue weighted by Crippen LogP contribution is 2.16. The number of amides is 2. The van der Waals surface area contributed by atoms with Crippen LogP contribution in [0.3, 0.4) is 0 Å². The molecule has 2 rings (SSSR count). The largest absolute Gasteiger partial charge is 0.355 e. The standard InChI is InChI=1S/C21H25ClN2O2/c1-4-23-21(26)16(3)24(14-18-9-5-7-15(2)11-18)20(25)13-17-8-6-10-19(22)12-17/h5-12,16H,4,13-14H2,1-3H3,(H,23,26)/t16-/m0/s1. The number of rotatable bonds is 7. The molecule has 1 N–H and O–H groups in total. The van der Waals surface area contributed by atoms with E-state index >= 15 is 0 Å². The van der Waals surface area contributed by atoms with Gasteiger partial charge in [0.1, 0.15) is 6.04 Å². The first-order valence-corrected chi connectivity index (χ1v) is 9.15. The van der Waals surface area contributed by atoms with Gasteiger partial charge in [0.2, 0.25) is 11.8 Å². The molecule has 0 unspecified atom stereocenters. The van der Waals surface area contributed by atoms with Gasteiger partial charge < -0.3 is 10.2 Å². The molecule has 2 aromatic rings. The van der Waals surface area contributed by atoms with Gasteiger partial charge in [-0.05, 0) is 44.0 Å². The molecule has 0 aromatic heterocycles. The molecule has 138 valence electrons. The summed E-state index contributed by atoms with van der Waals surface area (Å²) in [7, 11) is 0. The lowest BCUT2D eigenvalue weighted by atomic mass is 10.1. The monoisotopic (exact) mass is 372 g/mol. The fourth-order valence-corrected chi connectivity index (χ4v) is 3.05. The minimum absolute atomic E-state index is 0.104. The van der Waals surface area contributed by atoms with Crippen LogP contribution in [0.2, 0.25) is 5.02 Å². The number of likely N-dealkylation sites (N-methyl/N-ethyl adjacent to an activating group) is 1. The summed E-state index contributed by atoms with van der Waals surface area (Å²) in [5, 5.41) is 3.39. The van der Waals surface area contributed by atoms with Crippen LogP contribution in [-0.2, 0) is 22.6 Å². The molecule has 1 atom stereocenters. The smallest absolute Gasteiger partial charge is 0.242 e. The fourth-order valence-electron chi connectivity index (χ4n) is 2.83. The molecule has 0 fully saturated rings. The van der Waals surface area contributed by atoms with Gasteiger partial charge in [-0.3, -0.25) is 9.59 Å². The Balaban J connectivity index is 2.23. The van der Waals surface area contributed by atoms with Crippen LogP contribution in [0.15, 0.2) is 48.5 Å². The predicted molar refractivity (Wildman–Crippen MR) is 105 cm³/mol. The highest BCUT2D eigenvalue weighted by molar-refractivity contribution is 6.30. The van der Waals surface area contributed by atoms with Gasteiger partial charge in [-0.15, -0.1) is 0 Å². The summed E-state index contributed by atoms with van der Waals surface area (Å²) in [4.78, 5) is 26.9. The summed E-state index contributed by atoms with van der Waals surface area (Å²) in [6.45, 7) is 6.55. The van der Waals surface area contributed by atoms with Crippen molar-refractivity contribution in [1.29, 1.82) is 0 Å². The zero-order chi connectivity index (χ0) is 19.1. The number of hydrogen-bond donors (Lipinski definition) is 1. The quantitative estimate of drug-likeness (QED) is 0.804. The maximum Gasteiger partial charge on any atom is 0.242 e. The van der Waals surface area contributed by atoms with Crippen molar-refractivity contribution < 1.29 is 9.59 Å². The molecule has 0 aliphatic heterocycles. The first-order chi connectivity index (χ1) is 12.4. The van der Waals surface area contributed by atoms with Crippen molar-refractivity contribution in [2.24, 2.45) is 0 Å². The minimum Gasteiger partial charge on any atom is -0.355 e. The molecule has 0 radical (unpaired) electrons. The number of carbonyl (C=O) groups excluding carboxylic acids is 2. The molecular formula is C21H25ClN2O2. The van der Waals surface area contributed by atoms with Crippen molar-refractivity contribution in [2.45, 2.75) is 39.8 Å². The summed E-state index contributed by atoms with van der Waals surface area (Å²) in [5.41, 5.74) is 2.95. The van der Waals surface area contributed by atoms with Crippen molar-refractivity contribution in [2.75, 3.05) is 6.54 Å². The molecule has 4 nitrogen and oxygen atoms in total. The highest BCUT2D eigenvalue weighted by atomic mass is 35.5. The van der Waals surface area contributed by atoms with E-state index in [1.165, 1.54) is 0 Å². The minimum atomic E-state index is -0.554. The van der Waals surface area contributed by atoms with Crippen LogP contribution in [0.4, 0.5) is 0 Å². The maximum absolute atomic E-state index is 13.0. The Morgan fingerprint density at radius 2 is 1.81 bits per heavy atom. The molecule has 0 saturated carbocycles. The fraction of sp³-hybridized carbons (Fsp3) is 0.333. The van der Waals surface area contributed by atoms with Crippen molar-refractivity contribution in [3.63, 3.8) is 0 Å². The molecule has 26 heavy (non-hydrogen) atoms. The zero-order valence-corrected chi connectivity index (χ0v) is 16.2.